The van der Waals surface area contributed by atoms with Gasteiger partial charge in [-0.05, 0) is 23.8 Å². The molecule has 0 aliphatic heterocycles. The predicted molar refractivity (Wildman–Crippen MR) is 54.8 cm³/mol. The van der Waals surface area contributed by atoms with Crippen LogP contribution in [0.1, 0.15) is 5.56 Å². The van der Waals surface area contributed by atoms with Crippen LogP contribution < -0.4 is 0 Å². The molecule has 74 valence electrons. The van der Waals surface area contributed by atoms with Gasteiger partial charge in [-0.1, -0.05) is 23.2 Å². The minimum atomic E-state index is -1.08. The van der Waals surface area contributed by atoms with Gasteiger partial charge in [-0.25, -0.2) is 4.79 Å². The number of phenolic OH excluding ortho intramolecular Hbond substituents is 1. The molecule has 5 heteroatoms. The van der Waals surface area contributed by atoms with Crippen molar-refractivity contribution in [2.24, 2.45) is 0 Å². The van der Waals surface area contributed by atoms with Crippen LogP contribution >= 0.6 is 23.2 Å². The lowest BCUT2D eigenvalue weighted by atomic mass is 10.2. The second kappa shape index (κ2) is 4.35. The van der Waals surface area contributed by atoms with Crippen molar-refractivity contribution < 1.29 is 15.0 Å². The molecule has 0 unspecified atom stereocenters. The van der Waals surface area contributed by atoms with E-state index >= 15 is 0 Å². The van der Waals surface area contributed by atoms with E-state index in [0.717, 1.165) is 6.08 Å². The highest BCUT2D eigenvalue weighted by atomic mass is 35.5. The van der Waals surface area contributed by atoms with Gasteiger partial charge in [0, 0.05) is 6.08 Å². The third-order valence-electron chi connectivity index (χ3n) is 1.50. The van der Waals surface area contributed by atoms with E-state index in [1.165, 1.54) is 18.2 Å². The summed E-state index contributed by atoms with van der Waals surface area (Å²) in [5.74, 6) is -1.21. The molecule has 0 aliphatic rings. The van der Waals surface area contributed by atoms with Crippen LogP contribution in [0.3, 0.4) is 0 Å². The number of carboxylic acid groups (broad SMARTS) is 1. The van der Waals surface area contributed by atoms with E-state index in [-0.39, 0.29) is 15.8 Å². The molecule has 0 aliphatic carbocycles. The van der Waals surface area contributed by atoms with Gasteiger partial charge < -0.3 is 10.2 Å². The maximum absolute atomic E-state index is 10.2. The predicted octanol–water partition coefficient (Wildman–Crippen LogP) is 2.80. The van der Waals surface area contributed by atoms with E-state index in [9.17, 15) is 4.79 Å². The lowest BCUT2D eigenvalue weighted by Gasteiger charge is -2.02. The number of benzene rings is 1. The van der Waals surface area contributed by atoms with E-state index in [1.807, 2.05) is 0 Å². The molecule has 0 aromatic heterocycles. The highest BCUT2D eigenvalue weighted by Gasteiger charge is 2.06. The summed E-state index contributed by atoms with van der Waals surface area (Å²) in [7, 11) is 0. The van der Waals surface area contributed by atoms with Gasteiger partial charge in [0.15, 0.2) is 0 Å². The summed E-state index contributed by atoms with van der Waals surface area (Å²) in [6.45, 7) is 0. The molecule has 0 atom stereocenters. The summed E-state index contributed by atoms with van der Waals surface area (Å²) >= 11 is 11.4. The molecule has 2 N–H and O–H groups in total. The first kappa shape index (κ1) is 10.9. The number of aliphatic carboxylic acids is 1. The molecule has 1 aromatic rings. The van der Waals surface area contributed by atoms with Crippen LogP contribution in [0.2, 0.25) is 10.0 Å². The van der Waals surface area contributed by atoms with Crippen LogP contribution in [0.5, 0.6) is 5.75 Å². The van der Waals surface area contributed by atoms with Crippen LogP contribution in [0, 0.1) is 0 Å². The van der Waals surface area contributed by atoms with Crippen molar-refractivity contribution in [1.82, 2.24) is 0 Å². The topological polar surface area (TPSA) is 57.5 Å². The van der Waals surface area contributed by atoms with Gasteiger partial charge in [0.1, 0.15) is 10.8 Å². The molecule has 0 saturated carbocycles. The summed E-state index contributed by atoms with van der Waals surface area (Å²) in [5, 5.41) is 17.7. The summed E-state index contributed by atoms with van der Waals surface area (Å²) in [6, 6.07) is 2.82. The van der Waals surface area contributed by atoms with Gasteiger partial charge in [-0.15, -0.1) is 0 Å². The zero-order valence-electron chi connectivity index (χ0n) is 6.87. The summed E-state index contributed by atoms with van der Waals surface area (Å²) < 4.78 is 0. The maximum atomic E-state index is 10.2. The van der Waals surface area contributed by atoms with Crippen LogP contribution in [-0.4, -0.2) is 16.2 Å². The lowest BCUT2D eigenvalue weighted by Crippen LogP contribution is -1.86. The first-order chi connectivity index (χ1) is 6.52. The van der Waals surface area contributed by atoms with Crippen molar-refractivity contribution in [2.45, 2.75) is 0 Å². The largest absolute Gasteiger partial charge is 0.506 e. The second-order valence-corrected chi connectivity index (χ2v) is 3.23. The van der Waals surface area contributed by atoms with Crippen molar-refractivity contribution in [2.75, 3.05) is 0 Å². The number of phenols is 1. The zero-order valence-corrected chi connectivity index (χ0v) is 8.38. The van der Waals surface area contributed by atoms with Gasteiger partial charge in [0.05, 0.1) is 5.02 Å². The highest BCUT2D eigenvalue weighted by molar-refractivity contribution is 6.43. The Morgan fingerprint density at radius 2 is 1.93 bits per heavy atom. The molecule has 14 heavy (non-hydrogen) atoms. The van der Waals surface area contributed by atoms with Crippen molar-refractivity contribution in [1.29, 1.82) is 0 Å². The number of halogens is 2. The SMILES string of the molecule is O=C(O)C=Cc1ccc(O)c(Cl)c1Cl. The third kappa shape index (κ3) is 2.40. The van der Waals surface area contributed by atoms with E-state index in [1.54, 1.807) is 0 Å². The molecule has 0 fully saturated rings. The van der Waals surface area contributed by atoms with Gasteiger partial charge in [-0.3, -0.25) is 0 Å². The van der Waals surface area contributed by atoms with Crippen molar-refractivity contribution in [3.8, 4) is 5.75 Å². The molecule has 1 rings (SSSR count). The Hall–Kier alpha value is -1.19. The van der Waals surface area contributed by atoms with Gasteiger partial charge >= 0.3 is 5.97 Å². The third-order valence-corrected chi connectivity index (χ3v) is 2.38. The second-order valence-electron chi connectivity index (χ2n) is 2.47. The van der Waals surface area contributed by atoms with Crippen LogP contribution in [0.25, 0.3) is 6.08 Å². The maximum Gasteiger partial charge on any atom is 0.328 e. The Bertz CT molecular complexity index is 399. The minimum absolute atomic E-state index is 0.0132. The molecular formula is C9H6Cl2O3. The monoisotopic (exact) mass is 232 g/mol. The molecule has 0 radical (unpaired) electrons. The minimum Gasteiger partial charge on any atom is -0.506 e. The number of hydrogen-bond acceptors (Lipinski definition) is 2. The molecule has 0 spiro atoms. The summed E-state index contributed by atoms with van der Waals surface area (Å²) in [6.07, 6.45) is 2.24. The van der Waals surface area contributed by atoms with Gasteiger partial charge in [-0.2, -0.15) is 0 Å². The summed E-state index contributed by atoms with van der Waals surface area (Å²) in [4.78, 5) is 10.2. The Morgan fingerprint density at radius 1 is 1.29 bits per heavy atom. The summed E-state index contributed by atoms with van der Waals surface area (Å²) in [5.41, 5.74) is 0.442. The first-order valence-electron chi connectivity index (χ1n) is 3.60. The zero-order chi connectivity index (χ0) is 10.7. The average molecular weight is 233 g/mol. The van der Waals surface area contributed by atoms with E-state index < -0.39 is 5.97 Å². The number of carboxylic acids is 1. The van der Waals surface area contributed by atoms with E-state index in [0.29, 0.717) is 5.56 Å². The Morgan fingerprint density at radius 3 is 2.50 bits per heavy atom. The Labute approximate surface area is 90.2 Å². The highest BCUT2D eigenvalue weighted by Crippen LogP contribution is 2.34. The fourth-order valence-electron chi connectivity index (χ4n) is 0.844. The number of hydrogen-bond donors (Lipinski definition) is 2. The fraction of sp³-hybridized carbons (Fsp3) is 0. The van der Waals surface area contributed by atoms with Crippen LogP contribution in [0.15, 0.2) is 18.2 Å². The molecule has 0 saturated heterocycles. The normalized spacial score (nSPS) is 10.7. The molecule has 1 aromatic carbocycles. The standard InChI is InChI=1S/C9H6Cl2O3/c10-8-5(2-4-7(13)14)1-3-6(12)9(8)11/h1-4,12H,(H,13,14). The molecule has 3 nitrogen and oxygen atoms in total. The smallest absolute Gasteiger partial charge is 0.328 e. The first-order valence-corrected chi connectivity index (χ1v) is 4.36. The molecule has 0 amide bonds. The molecular weight excluding hydrogens is 227 g/mol. The fourth-order valence-corrected chi connectivity index (χ4v) is 1.24. The van der Waals surface area contributed by atoms with Gasteiger partial charge in [0.25, 0.3) is 0 Å². The number of aromatic hydroxyl groups is 1. The van der Waals surface area contributed by atoms with Crippen LogP contribution in [-0.2, 0) is 4.79 Å². The average Bonchev–Trinajstić information content (AvgIpc) is 2.13. The van der Waals surface area contributed by atoms with Gasteiger partial charge in [0.2, 0.25) is 0 Å². The number of rotatable bonds is 2. The molecule has 0 bridgehead atoms. The Kier molecular flexibility index (Phi) is 3.38. The quantitative estimate of drug-likeness (QED) is 0.772. The Balaban J connectivity index is 3.12. The van der Waals surface area contributed by atoms with Crippen molar-refractivity contribution in [3.63, 3.8) is 0 Å². The lowest BCUT2D eigenvalue weighted by molar-refractivity contribution is -0.131. The van der Waals surface area contributed by atoms with E-state index in [4.69, 9.17) is 33.4 Å². The van der Waals surface area contributed by atoms with Crippen molar-refractivity contribution in [3.05, 3.63) is 33.8 Å². The number of carbonyl (C=O) groups is 1. The van der Waals surface area contributed by atoms with E-state index in [2.05, 4.69) is 0 Å². The van der Waals surface area contributed by atoms with Crippen LogP contribution in [0.4, 0.5) is 0 Å². The molecule has 0 heterocycles. The van der Waals surface area contributed by atoms with Crippen molar-refractivity contribution >= 4 is 35.2 Å².